The molecule has 0 aromatic rings. The van der Waals surface area contributed by atoms with Crippen LogP contribution in [0, 0.1) is 23.2 Å². The number of esters is 1. The molecule has 242 valence electrons. The first-order chi connectivity index (χ1) is 20.6. The molecule has 0 saturated carbocycles. The number of hydrogen-bond donors (Lipinski definition) is 3. The molecule has 0 bridgehead atoms. The largest absolute Gasteiger partial charge is 0.490 e. The highest BCUT2D eigenvalue weighted by Crippen LogP contribution is 2.23. The topological polar surface area (TPSA) is 146 Å². The maximum atomic E-state index is 12.9. The van der Waals surface area contributed by atoms with Gasteiger partial charge in [0, 0.05) is 43.1 Å². The molecule has 0 aromatic heterocycles. The molecule has 0 unspecified atom stereocenters. The van der Waals surface area contributed by atoms with Gasteiger partial charge in [-0.1, -0.05) is 81.0 Å². The lowest BCUT2D eigenvalue weighted by Crippen LogP contribution is -2.52. The summed E-state index contributed by atoms with van der Waals surface area (Å²) in [5.41, 5.74) is 5.54. The van der Waals surface area contributed by atoms with Gasteiger partial charge in [0.1, 0.15) is 18.2 Å². The fourth-order valence-electron chi connectivity index (χ4n) is 4.10. The van der Waals surface area contributed by atoms with Gasteiger partial charge in [-0.2, -0.15) is 0 Å². The van der Waals surface area contributed by atoms with Crippen molar-refractivity contribution in [2.24, 2.45) is 17.1 Å². The Hall–Kier alpha value is -3.97. The molecule has 0 aliphatic carbocycles. The Morgan fingerprint density at radius 2 is 1.95 bits per heavy atom. The van der Waals surface area contributed by atoms with Crippen LogP contribution in [0.1, 0.15) is 73.6 Å². The number of carbonyl (C=O) groups excluding carboxylic acids is 4. The number of nitrogens with two attached hydrogens (primary N) is 1. The lowest BCUT2D eigenvalue weighted by atomic mass is 9.86. The van der Waals surface area contributed by atoms with Crippen molar-refractivity contribution in [2.75, 3.05) is 7.11 Å². The average molecular weight is 632 g/mol. The molecule has 1 aliphatic rings. The first kappa shape index (κ1) is 38.1. The lowest BCUT2D eigenvalue weighted by molar-refractivity contribution is -0.151. The van der Waals surface area contributed by atoms with Gasteiger partial charge in [-0.05, 0) is 37.6 Å². The van der Waals surface area contributed by atoms with Gasteiger partial charge in [0.25, 0.3) is 0 Å². The summed E-state index contributed by atoms with van der Waals surface area (Å²) in [6.45, 7) is 11.2. The van der Waals surface area contributed by atoms with Crippen LogP contribution in [0.25, 0.3) is 0 Å². The van der Waals surface area contributed by atoms with Crippen LogP contribution in [0.2, 0.25) is 0 Å². The SMILES string of the molecule is COC1=CC[C@@H]([C@@H](C)C=C(C)C=CC#CCCC(=O)N[C@H](C(=O)NC=CC[C@H](CC=C(C)Cl)OC(N)=O)C(C)(C)C)OC1=O. The second kappa shape index (κ2) is 19.3. The van der Waals surface area contributed by atoms with Crippen LogP contribution >= 0.6 is 11.6 Å². The molecule has 3 amide bonds. The zero-order valence-electron chi connectivity index (χ0n) is 26.7. The van der Waals surface area contributed by atoms with Crippen molar-refractivity contribution >= 4 is 35.5 Å². The van der Waals surface area contributed by atoms with E-state index >= 15 is 0 Å². The van der Waals surface area contributed by atoms with Crippen molar-refractivity contribution in [3.05, 3.63) is 59.0 Å². The number of primary amides is 1. The van der Waals surface area contributed by atoms with Crippen molar-refractivity contribution in [1.29, 1.82) is 0 Å². The van der Waals surface area contributed by atoms with Gasteiger partial charge in [0.2, 0.25) is 11.8 Å². The third kappa shape index (κ3) is 15.5. The van der Waals surface area contributed by atoms with E-state index in [1.165, 1.54) is 13.3 Å². The van der Waals surface area contributed by atoms with Crippen LogP contribution in [0.3, 0.4) is 0 Å². The second-order valence-corrected chi connectivity index (χ2v) is 12.1. The molecule has 4 N–H and O–H groups in total. The maximum absolute atomic E-state index is 12.9. The summed E-state index contributed by atoms with van der Waals surface area (Å²) in [6.07, 6.45) is 12.1. The predicted octanol–water partition coefficient (Wildman–Crippen LogP) is 5.30. The number of rotatable bonds is 14. The van der Waals surface area contributed by atoms with E-state index in [0.717, 1.165) is 5.57 Å². The molecule has 10 nitrogen and oxygen atoms in total. The van der Waals surface area contributed by atoms with Crippen LogP contribution < -0.4 is 16.4 Å². The Labute approximate surface area is 266 Å². The summed E-state index contributed by atoms with van der Waals surface area (Å²) >= 11 is 5.84. The van der Waals surface area contributed by atoms with E-state index in [1.54, 1.807) is 31.2 Å². The van der Waals surface area contributed by atoms with Crippen LogP contribution in [-0.4, -0.2) is 49.2 Å². The van der Waals surface area contributed by atoms with Crippen molar-refractivity contribution in [3.8, 4) is 11.8 Å². The van der Waals surface area contributed by atoms with Crippen LogP contribution in [0.5, 0.6) is 0 Å². The minimum Gasteiger partial charge on any atom is -0.490 e. The predicted molar refractivity (Wildman–Crippen MR) is 171 cm³/mol. The first-order valence-electron chi connectivity index (χ1n) is 14.5. The Bertz CT molecular complexity index is 1230. The Morgan fingerprint density at radius 1 is 1.25 bits per heavy atom. The third-order valence-corrected chi connectivity index (χ3v) is 6.61. The number of ether oxygens (including phenoxy) is 3. The van der Waals surface area contributed by atoms with E-state index in [0.29, 0.717) is 30.7 Å². The van der Waals surface area contributed by atoms with Gasteiger partial charge in [-0.3, -0.25) is 9.59 Å². The molecule has 0 fully saturated rings. The first-order valence-corrected chi connectivity index (χ1v) is 14.8. The van der Waals surface area contributed by atoms with Crippen LogP contribution in [0.15, 0.2) is 59.0 Å². The number of allylic oxidation sites excluding steroid dienone is 4. The van der Waals surface area contributed by atoms with E-state index in [4.69, 9.17) is 31.5 Å². The lowest BCUT2D eigenvalue weighted by Gasteiger charge is -2.29. The molecule has 44 heavy (non-hydrogen) atoms. The molecule has 0 aromatic carbocycles. The van der Waals surface area contributed by atoms with Gasteiger partial charge in [0.05, 0.1) is 7.11 Å². The standard InChI is InChI=1S/C33H46ClN3O7/c1-22(21-23(2)26-18-19-27(42-7)31(40)44-26)13-10-8-9-11-15-28(38)37-29(33(4,5)6)30(39)36-20-12-14-25(43-32(35)41)17-16-24(3)34/h10,12-13,16,19-21,23,25-26,29H,11,14-15,17-18H2,1-7H3,(H2,35,41)(H,36,39)(H,37,38)/t23-,25+,26-,29+/m0/s1. The number of carbonyl (C=O) groups is 4. The second-order valence-electron chi connectivity index (χ2n) is 11.5. The third-order valence-electron chi connectivity index (χ3n) is 6.46. The highest BCUT2D eigenvalue weighted by atomic mass is 35.5. The smallest absolute Gasteiger partial charge is 0.404 e. The van der Waals surface area contributed by atoms with Gasteiger partial charge >= 0.3 is 12.1 Å². The number of hydrogen-bond acceptors (Lipinski definition) is 7. The minimum absolute atomic E-state index is 0.00830. The van der Waals surface area contributed by atoms with E-state index in [2.05, 4.69) is 22.5 Å². The highest BCUT2D eigenvalue weighted by Gasteiger charge is 2.32. The fourth-order valence-corrected chi connectivity index (χ4v) is 4.19. The highest BCUT2D eigenvalue weighted by molar-refractivity contribution is 6.29. The summed E-state index contributed by atoms with van der Waals surface area (Å²) in [5, 5.41) is 6.04. The zero-order chi connectivity index (χ0) is 33.3. The minimum atomic E-state index is -0.897. The van der Waals surface area contributed by atoms with Crippen molar-refractivity contribution in [1.82, 2.24) is 10.6 Å². The van der Waals surface area contributed by atoms with E-state index in [-0.39, 0.29) is 36.0 Å². The number of amides is 3. The van der Waals surface area contributed by atoms with Gasteiger partial charge in [-0.25, -0.2) is 9.59 Å². The van der Waals surface area contributed by atoms with Gasteiger partial charge in [0.15, 0.2) is 5.76 Å². The number of cyclic esters (lactones) is 1. The summed E-state index contributed by atoms with van der Waals surface area (Å²) < 4.78 is 15.5. The normalized spacial score (nSPS) is 18.0. The van der Waals surface area contributed by atoms with Crippen molar-refractivity contribution in [3.63, 3.8) is 0 Å². The van der Waals surface area contributed by atoms with Gasteiger partial charge in [-0.15, -0.1) is 0 Å². The molecule has 1 aliphatic heterocycles. The molecule has 1 heterocycles. The summed E-state index contributed by atoms with van der Waals surface area (Å²) in [7, 11) is 1.44. The molecule has 1 rings (SSSR count). The summed E-state index contributed by atoms with van der Waals surface area (Å²) in [5.74, 6) is 4.98. The quantitative estimate of drug-likeness (QED) is 0.134. The number of methoxy groups -OCH3 is 1. The van der Waals surface area contributed by atoms with Crippen LogP contribution in [-0.2, 0) is 28.6 Å². The fraction of sp³-hybridized carbons (Fsp3) is 0.515. The summed E-state index contributed by atoms with van der Waals surface area (Å²) in [6, 6.07) is -0.790. The average Bonchev–Trinajstić information content (AvgIpc) is 2.93. The molecule has 0 spiro atoms. The summed E-state index contributed by atoms with van der Waals surface area (Å²) in [4.78, 5) is 48.5. The van der Waals surface area contributed by atoms with E-state index in [1.807, 2.05) is 46.8 Å². The molecule has 4 atom stereocenters. The molecule has 0 radical (unpaired) electrons. The van der Waals surface area contributed by atoms with Crippen molar-refractivity contribution < 1.29 is 33.4 Å². The van der Waals surface area contributed by atoms with Crippen molar-refractivity contribution in [2.45, 2.75) is 91.9 Å². The Morgan fingerprint density at radius 3 is 2.55 bits per heavy atom. The van der Waals surface area contributed by atoms with E-state index < -0.39 is 29.6 Å². The monoisotopic (exact) mass is 631 g/mol. The number of halogens is 1. The molecular weight excluding hydrogens is 586 g/mol. The number of nitrogens with one attached hydrogen (secondary N) is 2. The Balaban J connectivity index is 2.60. The van der Waals surface area contributed by atoms with E-state index in [9.17, 15) is 19.2 Å². The van der Waals surface area contributed by atoms with Crippen LogP contribution in [0.4, 0.5) is 4.79 Å². The maximum Gasteiger partial charge on any atom is 0.404 e. The molecule has 0 saturated heterocycles. The van der Waals surface area contributed by atoms with Gasteiger partial charge < -0.3 is 30.6 Å². The zero-order valence-corrected chi connectivity index (χ0v) is 27.5. The Kier molecular flexibility index (Phi) is 16.7. The molecule has 11 heteroatoms. The molecular formula is C33H46ClN3O7.